The van der Waals surface area contributed by atoms with Gasteiger partial charge in [0.2, 0.25) is 11.8 Å². The van der Waals surface area contributed by atoms with Crippen molar-refractivity contribution in [1.29, 1.82) is 5.26 Å². The standard InChI is InChI=1S/C30H38F2N4O4/c1-29(2,3)40-28(39)34-23-10-5-4-9-20-11-12-24(36(20)26(23)37)27(38)35-17-21(22(16-33)30(35)13-14-30)18-7-6-8-19(15-18)25(31)32/h6-8,15,20-25H,4-5,9-14,17H2,1-3H3,(H,34,39)/t20-,21+,22+,23-,24-/m0/s1. The molecule has 3 aliphatic heterocycles. The number of nitrogens with zero attached hydrogens (tertiary/aromatic N) is 3. The molecule has 1 aliphatic carbocycles. The number of alkyl carbamates (subject to hydrolysis) is 1. The molecule has 4 fully saturated rings. The van der Waals surface area contributed by atoms with E-state index in [4.69, 9.17) is 4.74 Å². The summed E-state index contributed by atoms with van der Waals surface area (Å²) in [6, 6.07) is 7.00. The number of rotatable bonds is 4. The van der Waals surface area contributed by atoms with E-state index >= 15 is 0 Å². The van der Waals surface area contributed by atoms with Gasteiger partial charge in [-0.15, -0.1) is 0 Å². The highest BCUT2D eigenvalue weighted by atomic mass is 19.3. The molecule has 0 unspecified atom stereocenters. The summed E-state index contributed by atoms with van der Waals surface area (Å²) in [5.74, 6) is -1.34. The molecule has 1 N–H and O–H groups in total. The fourth-order valence-corrected chi connectivity index (χ4v) is 7.02. The van der Waals surface area contributed by atoms with Gasteiger partial charge in [0, 0.05) is 24.1 Å². The number of ether oxygens (including phenoxy) is 1. The molecule has 0 radical (unpaired) electrons. The first-order valence-electron chi connectivity index (χ1n) is 14.4. The Morgan fingerprint density at radius 1 is 1.15 bits per heavy atom. The van der Waals surface area contributed by atoms with Crippen LogP contribution in [0, 0.1) is 17.2 Å². The Bertz CT molecular complexity index is 1200. The number of carbonyl (C=O) groups is 3. The Hall–Kier alpha value is -3.22. The van der Waals surface area contributed by atoms with Crippen molar-refractivity contribution >= 4 is 17.9 Å². The number of halogens is 2. The van der Waals surface area contributed by atoms with Gasteiger partial charge >= 0.3 is 6.09 Å². The highest BCUT2D eigenvalue weighted by molar-refractivity contribution is 5.93. The minimum Gasteiger partial charge on any atom is -0.444 e. The zero-order valence-corrected chi connectivity index (χ0v) is 23.4. The van der Waals surface area contributed by atoms with E-state index in [0.29, 0.717) is 37.7 Å². The van der Waals surface area contributed by atoms with Gasteiger partial charge in [-0.2, -0.15) is 5.26 Å². The van der Waals surface area contributed by atoms with E-state index in [1.54, 1.807) is 42.7 Å². The van der Waals surface area contributed by atoms with Crippen molar-refractivity contribution in [2.45, 2.75) is 114 Å². The average molecular weight is 557 g/mol. The van der Waals surface area contributed by atoms with Crippen LogP contribution in [0.25, 0.3) is 0 Å². The van der Waals surface area contributed by atoms with Gasteiger partial charge in [-0.25, -0.2) is 13.6 Å². The predicted molar refractivity (Wildman–Crippen MR) is 142 cm³/mol. The molecule has 1 aromatic rings. The molecule has 1 saturated carbocycles. The smallest absolute Gasteiger partial charge is 0.408 e. The molecule has 1 aromatic carbocycles. The van der Waals surface area contributed by atoms with Crippen molar-refractivity contribution in [2.24, 2.45) is 5.92 Å². The Morgan fingerprint density at radius 2 is 1.88 bits per heavy atom. The lowest BCUT2D eigenvalue weighted by Crippen LogP contribution is -2.58. The molecule has 216 valence electrons. The van der Waals surface area contributed by atoms with Gasteiger partial charge < -0.3 is 19.9 Å². The van der Waals surface area contributed by atoms with Gasteiger partial charge in [-0.3, -0.25) is 9.59 Å². The number of amides is 3. The molecule has 4 aliphatic rings. The van der Waals surface area contributed by atoms with Crippen LogP contribution in [0.3, 0.4) is 0 Å². The maximum Gasteiger partial charge on any atom is 0.408 e. The van der Waals surface area contributed by atoms with Crippen LogP contribution in [-0.2, 0) is 14.3 Å². The maximum absolute atomic E-state index is 14.2. The van der Waals surface area contributed by atoms with Crippen LogP contribution in [0.1, 0.15) is 95.6 Å². The van der Waals surface area contributed by atoms with E-state index < -0.39 is 41.7 Å². The van der Waals surface area contributed by atoms with Crippen LogP contribution in [0.5, 0.6) is 0 Å². The molecule has 5 atom stereocenters. The molecule has 1 spiro atoms. The number of likely N-dealkylation sites (tertiary alicyclic amines) is 1. The van der Waals surface area contributed by atoms with E-state index in [2.05, 4.69) is 11.4 Å². The Morgan fingerprint density at radius 3 is 2.52 bits per heavy atom. The largest absolute Gasteiger partial charge is 0.444 e. The number of hydrogen-bond acceptors (Lipinski definition) is 5. The van der Waals surface area contributed by atoms with Crippen LogP contribution < -0.4 is 5.32 Å². The number of benzene rings is 1. The maximum atomic E-state index is 14.2. The lowest BCUT2D eigenvalue weighted by Gasteiger charge is -2.37. The lowest BCUT2D eigenvalue weighted by atomic mass is 9.84. The van der Waals surface area contributed by atoms with Crippen LogP contribution in [0.4, 0.5) is 13.6 Å². The topological polar surface area (TPSA) is 103 Å². The zero-order valence-electron chi connectivity index (χ0n) is 23.4. The molecular weight excluding hydrogens is 518 g/mol. The highest BCUT2D eigenvalue weighted by Crippen LogP contribution is 2.58. The van der Waals surface area contributed by atoms with Crippen molar-refractivity contribution in [1.82, 2.24) is 15.1 Å². The molecule has 8 nitrogen and oxygen atoms in total. The van der Waals surface area contributed by atoms with E-state index in [1.165, 1.54) is 12.1 Å². The van der Waals surface area contributed by atoms with Crippen LogP contribution in [-0.4, -0.2) is 63.5 Å². The highest BCUT2D eigenvalue weighted by Gasteiger charge is 2.64. The summed E-state index contributed by atoms with van der Waals surface area (Å²) in [6.45, 7) is 5.53. The second-order valence-electron chi connectivity index (χ2n) is 12.7. The SMILES string of the molecule is CC(C)(C)OC(=O)N[C@H]1CCCC[C@H]2CC[C@@H](C(=O)N3C[C@H](c4cccc(C(F)F)c4)[C@@H](C#N)C34CC4)N2C1=O. The number of nitriles is 1. The summed E-state index contributed by atoms with van der Waals surface area (Å²) < 4.78 is 32.3. The van der Waals surface area contributed by atoms with Crippen LogP contribution >= 0.6 is 0 Å². The Labute approximate surface area is 234 Å². The summed E-state index contributed by atoms with van der Waals surface area (Å²) >= 11 is 0. The van der Waals surface area contributed by atoms with E-state index in [1.807, 2.05) is 0 Å². The fraction of sp³-hybridized carbons (Fsp3) is 0.667. The second kappa shape index (κ2) is 10.6. The monoisotopic (exact) mass is 556 g/mol. The summed E-state index contributed by atoms with van der Waals surface area (Å²) in [5, 5.41) is 12.9. The van der Waals surface area contributed by atoms with Crippen molar-refractivity contribution < 1.29 is 27.9 Å². The quantitative estimate of drug-likeness (QED) is 0.559. The fourth-order valence-electron chi connectivity index (χ4n) is 7.02. The Kier molecular flexibility index (Phi) is 7.53. The summed E-state index contributed by atoms with van der Waals surface area (Å²) in [6.07, 6.45) is 2.22. The van der Waals surface area contributed by atoms with Crippen molar-refractivity contribution in [2.75, 3.05) is 6.54 Å². The third-order valence-electron chi connectivity index (χ3n) is 8.97. The molecule has 3 saturated heterocycles. The van der Waals surface area contributed by atoms with Gasteiger partial charge in [0.15, 0.2) is 0 Å². The lowest BCUT2D eigenvalue weighted by molar-refractivity contribution is -0.148. The molecule has 40 heavy (non-hydrogen) atoms. The summed E-state index contributed by atoms with van der Waals surface area (Å²) in [5.41, 5.74) is -0.799. The zero-order chi connectivity index (χ0) is 28.8. The second-order valence-corrected chi connectivity index (χ2v) is 12.7. The van der Waals surface area contributed by atoms with Crippen molar-refractivity contribution in [3.8, 4) is 6.07 Å². The number of fused-ring (bicyclic) bond motifs is 1. The molecule has 10 heteroatoms. The van der Waals surface area contributed by atoms with Crippen LogP contribution in [0.2, 0.25) is 0 Å². The number of carbonyl (C=O) groups excluding carboxylic acids is 3. The van der Waals surface area contributed by atoms with Crippen molar-refractivity contribution in [3.63, 3.8) is 0 Å². The molecule has 3 amide bonds. The number of nitrogens with one attached hydrogen (secondary N) is 1. The van der Waals surface area contributed by atoms with E-state index in [9.17, 15) is 28.4 Å². The van der Waals surface area contributed by atoms with Crippen molar-refractivity contribution in [3.05, 3.63) is 35.4 Å². The van der Waals surface area contributed by atoms with Gasteiger partial charge in [0.1, 0.15) is 17.7 Å². The van der Waals surface area contributed by atoms with Crippen LogP contribution in [0.15, 0.2) is 24.3 Å². The van der Waals surface area contributed by atoms with Gasteiger partial charge in [-0.05, 0) is 70.9 Å². The first-order valence-corrected chi connectivity index (χ1v) is 14.4. The predicted octanol–water partition coefficient (Wildman–Crippen LogP) is 5.05. The molecule has 5 rings (SSSR count). The third kappa shape index (κ3) is 5.27. The number of hydrogen-bond donors (Lipinski definition) is 1. The first-order chi connectivity index (χ1) is 18.9. The average Bonchev–Trinajstić information content (AvgIpc) is 3.45. The normalized spacial score (nSPS) is 29.5. The van der Waals surface area contributed by atoms with E-state index in [-0.39, 0.29) is 35.9 Å². The molecule has 0 aromatic heterocycles. The minimum absolute atomic E-state index is 0.0901. The van der Waals surface area contributed by atoms with Gasteiger partial charge in [-0.1, -0.05) is 31.0 Å². The molecule has 0 bridgehead atoms. The molecular formula is C30H38F2N4O4. The third-order valence-corrected chi connectivity index (χ3v) is 8.97. The Balaban J connectivity index is 1.39. The molecule has 3 heterocycles. The number of alkyl halides is 2. The van der Waals surface area contributed by atoms with Gasteiger partial charge in [0.05, 0.1) is 17.5 Å². The minimum atomic E-state index is -2.62. The first kappa shape index (κ1) is 28.3. The summed E-state index contributed by atoms with van der Waals surface area (Å²) in [7, 11) is 0. The van der Waals surface area contributed by atoms with Gasteiger partial charge in [0.25, 0.3) is 6.43 Å². The summed E-state index contributed by atoms with van der Waals surface area (Å²) in [4.78, 5) is 44.1. The van der Waals surface area contributed by atoms with E-state index in [0.717, 1.165) is 19.3 Å².